The molecule has 0 bridgehead atoms. The van der Waals surface area contributed by atoms with Crippen LogP contribution in [0.25, 0.3) is 0 Å². The van der Waals surface area contributed by atoms with Crippen molar-refractivity contribution in [3.63, 3.8) is 0 Å². The number of unbranched alkanes of at least 4 members (excludes halogenated alkanes) is 3. The van der Waals surface area contributed by atoms with Crippen LogP contribution in [0.4, 0.5) is 0 Å². The van der Waals surface area contributed by atoms with Crippen LogP contribution in [-0.2, 0) is 9.53 Å². The van der Waals surface area contributed by atoms with Crippen LogP contribution in [0, 0.1) is 0 Å². The van der Waals surface area contributed by atoms with E-state index in [1.165, 1.54) is 0 Å². The molecule has 0 unspecified atom stereocenters. The highest BCUT2D eigenvalue weighted by Gasteiger charge is 2.11. The van der Waals surface area contributed by atoms with Crippen molar-refractivity contribution in [3.05, 3.63) is 35.9 Å². The lowest BCUT2D eigenvalue weighted by Gasteiger charge is -2.02. The predicted molar refractivity (Wildman–Crippen MR) is 65.6 cm³/mol. The number of rotatable bonds is 6. The maximum absolute atomic E-state index is 11.5. The molecule has 0 fully saturated rings. The minimum absolute atomic E-state index is 0.318. The molecule has 3 nitrogen and oxygen atoms in total. The molecular weight excluding hydrogens is 216 g/mol. The molecule has 0 amide bonds. The maximum Gasteiger partial charge on any atom is 0.345 e. The van der Waals surface area contributed by atoms with Gasteiger partial charge in [-0.15, -0.1) is 0 Å². The minimum Gasteiger partial charge on any atom is -0.389 e. The highest BCUT2D eigenvalue weighted by molar-refractivity contribution is 5.96. The smallest absolute Gasteiger partial charge is 0.345 e. The van der Waals surface area contributed by atoms with Gasteiger partial charge in [0.1, 0.15) is 0 Å². The third-order valence-corrected chi connectivity index (χ3v) is 2.45. The first-order valence-corrected chi connectivity index (χ1v) is 6.04. The molecule has 92 valence electrons. The summed E-state index contributed by atoms with van der Waals surface area (Å²) >= 11 is 0. The third kappa shape index (κ3) is 5.29. The van der Waals surface area contributed by atoms with E-state index in [9.17, 15) is 9.59 Å². The highest BCUT2D eigenvalue weighted by Crippen LogP contribution is 2.06. The Kier molecular flexibility index (Phi) is 6.00. The van der Waals surface area contributed by atoms with Gasteiger partial charge in [0, 0.05) is 6.42 Å². The van der Waals surface area contributed by atoms with Gasteiger partial charge in [-0.25, -0.2) is 4.79 Å². The summed E-state index contributed by atoms with van der Waals surface area (Å²) in [6.07, 6.45) is 4.34. The summed E-state index contributed by atoms with van der Waals surface area (Å²) in [5.74, 6) is -0.999. The van der Waals surface area contributed by atoms with Crippen molar-refractivity contribution in [1.29, 1.82) is 0 Å². The average molecular weight is 234 g/mol. The van der Waals surface area contributed by atoms with Crippen LogP contribution >= 0.6 is 0 Å². The largest absolute Gasteiger partial charge is 0.389 e. The summed E-state index contributed by atoms with van der Waals surface area (Å²) in [5.41, 5.74) is 0.411. The molecule has 17 heavy (non-hydrogen) atoms. The molecule has 0 heterocycles. The first kappa shape index (κ1) is 13.4. The van der Waals surface area contributed by atoms with E-state index in [1.807, 2.05) is 6.07 Å². The fourth-order valence-electron chi connectivity index (χ4n) is 1.48. The van der Waals surface area contributed by atoms with E-state index >= 15 is 0 Å². The van der Waals surface area contributed by atoms with Crippen LogP contribution in [0.2, 0.25) is 0 Å². The number of benzene rings is 1. The SMILES string of the molecule is CCCCCCC(=O)OC(=O)c1ccccc1. The molecule has 0 saturated carbocycles. The van der Waals surface area contributed by atoms with Gasteiger partial charge in [-0.05, 0) is 18.6 Å². The van der Waals surface area contributed by atoms with Gasteiger partial charge < -0.3 is 4.74 Å². The van der Waals surface area contributed by atoms with Crippen molar-refractivity contribution in [2.75, 3.05) is 0 Å². The number of carbonyl (C=O) groups is 2. The molecule has 0 atom stereocenters. The van der Waals surface area contributed by atoms with Gasteiger partial charge >= 0.3 is 11.9 Å². The average Bonchev–Trinajstić information content (AvgIpc) is 2.36. The Morgan fingerprint density at radius 2 is 1.76 bits per heavy atom. The summed E-state index contributed by atoms with van der Waals surface area (Å²) < 4.78 is 4.74. The molecule has 0 aliphatic rings. The van der Waals surface area contributed by atoms with Crippen molar-refractivity contribution in [2.24, 2.45) is 0 Å². The van der Waals surface area contributed by atoms with Crippen molar-refractivity contribution < 1.29 is 14.3 Å². The monoisotopic (exact) mass is 234 g/mol. The first-order valence-electron chi connectivity index (χ1n) is 6.04. The number of hydrogen-bond acceptors (Lipinski definition) is 3. The van der Waals surface area contributed by atoms with E-state index in [0.717, 1.165) is 25.7 Å². The van der Waals surface area contributed by atoms with Crippen molar-refractivity contribution >= 4 is 11.9 Å². The lowest BCUT2D eigenvalue weighted by atomic mass is 10.1. The fourth-order valence-corrected chi connectivity index (χ4v) is 1.48. The quantitative estimate of drug-likeness (QED) is 0.430. The predicted octanol–water partition coefficient (Wildman–Crippen LogP) is 3.34. The topological polar surface area (TPSA) is 43.4 Å². The lowest BCUT2D eigenvalue weighted by molar-refractivity contribution is -0.138. The Bertz CT molecular complexity index is 357. The Morgan fingerprint density at radius 3 is 2.41 bits per heavy atom. The number of esters is 2. The van der Waals surface area contributed by atoms with Crippen LogP contribution in [-0.4, -0.2) is 11.9 Å². The van der Waals surface area contributed by atoms with Crippen LogP contribution < -0.4 is 0 Å². The van der Waals surface area contributed by atoms with E-state index in [1.54, 1.807) is 24.3 Å². The van der Waals surface area contributed by atoms with Gasteiger partial charge in [-0.2, -0.15) is 0 Å². The van der Waals surface area contributed by atoms with Crippen molar-refractivity contribution in [2.45, 2.75) is 39.0 Å². The second-order valence-electron chi connectivity index (χ2n) is 3.94. The van der Waals surface area contributed by atoms with Gasteiger partial charge in [0.15, 0.2) is 0 Å². The Hall–Kier alpha value is -1.64. The highest BCUT2D eigenvalue weighted by atomic mass is 16.6. The normalized spacial score (nSPS) is 9.94. The van der Waals surface area contributed by atoms with Gasteiger partial charge in [0.25, 0.3) is 0 Å². The Labute approximate surface area is 102 Å². The van der Waals surface area contributed by atoms with Crippen molar-refractivity contribution in [1.82, 2.24) is 0 Å². The van der Waals surface area contributed by atoms with Crippen LogP contribution in [0.3, 0.4) is 0 Å². The maximum atomic E-state index is 11.5. The van der Waals surface area contributed by atoms with Crippen molar-refractivity contribution in [3.8, 4) is 0 Å². The second-order valence-corrected chi connectivity index (χ2v) is 3.94. The minimum atomic E-state index is -0.564. The number of carbonyl (C=O) groups excluding carboxylic acids is 2. The molecule has 1 aromatic rings. The van der Waals surface area contributed by atoms with Gasteiger partial charge in [0.05, 0.1) is 5.56 Å². The Balaban J connectivity index is 2.29. The molecule has 0 N–H and O–H groups in total. The van der Waals surface area contributed by atoms with E-state index < -0.39 is 11.9 Å². The number of ether oxygens (including phenoxy) is 1. The molecule has 0 aliphatic heterocycles. The zero-order valence-electron chi connectivity index (χ0n) is 10.1. The van der Waals surface area contributed by atoms with Crippen LogP contribution in [0.1, 0.15) is 49.4 Å². The fraction of sp³-hybridized carbons (Fsp3) is 0.429. The molecule has 1 aromatic carbocycles. The zero-order chi connectivity index (χ0) is 12.5. The molecule has 1 rings (SSSR count). The Morgan fingerprint density at radius 1 is 1.06 bits per heavy atom. The summed E-state index contributed by atoms with van der Waals surface area (Å²) in [5, 5.41) is 0. The molecule has 0 spiro atoms. The zero-order valence-corrected chi connectivity index (χ0v) is 10.1. The molecule has 0 radical (unpaired) electrons. The summed E-state index contributed by atoms with van der Waals surface area (Å²) in [7, 11) is 0. The summed E-state index contributed by atoms with van der Waals surface area (Å²) in [6, 6.07) is 8.55. The summed E-state index contributed by atoms with van der Waals surface area (Å²) in [4.78, 5) is 22.8. The van der Waals surface area contributed by atoms with Gasteiger partial charge in [-0.1, -0.05) is 44.4 Å². The molecule has 0 saturated heterocycles. The van der Waals surface area contributed by atoms with E-state index in [-0.39, 0.29) is 0 Å². The second kappa shape index (κ2) is 7.60. The van der Waals surface area contributed by atoms with E-state index in [2.05, 4.69) is 6.92 Å². The number of hydrogen-bond donors (Lipinski definition) is 0. The van der Waals surface area contributed by atoms with Gasteiger partial charge in [-0.3, -0.25) is 4.79 Å². The molecular formula is C14H18O3. The van der Waals surface area contributed by atoms with Crippen LogP contribution in [0.5, 0.6) is 0 Å². The van der Waals surface area contributed by atoms with E-state index in [0.29, 0.717) is 12.0 Å². The lowest BCUT2D eigenvalue weighted by Crippen LogP contribution is -2.12. The standard InChI is InChI=1S/C14H18O3/c1-2-3-4-8-11-13(15)17-14(16)12-9-6-5-7-10-12/h5-7,9-10H,2-4,8,11H2,1H3. The first-order chi connectivity index (χ1) is 8.24. The molecule has 0 aliphatic carbocycles. The third-order valence-electron chi connectivity index (χ3n) is 2.45. The van der Waals surface area contributed by atoms with E-state index in [4.69, 9.17) is 4.74 Å². The summed E-state index contributed by atoms with van der Waals surface area (Å²) in [6.45, 7) is 2.11. The van der Waals surface area contributed by atoms with Gasteiger partial charge in [0.2, 0.25) is 0 Å². The van der Waals surface area contributed by atoms with Crippen LogP contribution in [0.15, 0.2) is 30.3 Å². The molecule has 0 aromatic heterocycles. The molecule has 3 heteroatoms.